The number of rotatable bonds is 8. The summed E-state index contributed by atoms with van der Waals surface area (Å²) >= 11 is 1.81. The minimum atomic E-state index is 0.518. The van der Waals surface area contributed by atoms with Crippen molar-refractivity contribution in [2.24, 2.45) is 0 Å². The Labute approximate surface area is 131 Å². The van der Waals surface area contributed by atoms with Gasteiger partial charge in [0, 0.05) is 24.0 Å². The third kappa shape index (κ3) is 5.17. The molecule has 1 aromatic heterocycles. The number of hydrogen-bond acceptors (Lipinski definition) is 4. The minimum absolute atomic E-state index is 0.518. The summed E-state index contributed by atoms with van der Waals surface area (Å²) < 4.78 is 1.99. The molecule has 0 fully saturated rings. The van der Waals surface area contributed by atoms with Crippen LogP contribution in [0.5, 0.6) is 0 Å². The Morgan fingerprint density at radius 1 is 1.24 bits per heavy atom. The standard InChI is InChI=1S/C16H24N4S/c1-4-9-20-16(18-12-19-20)11-21-15-7-5-14(6-8-15)10-17-13(2)3/h5-8,12-13,17H,4,9-11H2,1-3H3. The molecule has 0 saturated carbocycles. The first-order valence-corrected chi connectivity index (χ1v) is 8.49. The largest absolute Gasteiger partial charge is 0.310 e. The third-order valence-corrected chi connectivity index (χ3v) is 4.14. The van der Waals surface area contributed by atoms with E-state index in [1.54, 1.807) is 6.33 Å². The zero-order chi connectivity index (χ0) is 15.1. The SMILES string of the molecule is CCCn1ncnc1CSc1ccc(CNC(C)C)cc1. The molecule has 4 nitrogen and oxygen atoms in total. The first-order chi connectivity index (χ1) is 10.2. The molecule has 0 unspecified atom stereocenters. The van der Waals surface area contributed by atoms with Gasteiger partial charge in [0.2, 0.25) is 0 Å². The number of aromatic nitrogens is 3. The predicted octanol–water partition coefficient (Wildman–Crippen LogP) is 3.48. The molecule has 0 amide bonds. The summed E-state index contributed by atoms with van der Waals surface area (Å²) in [5.41, 5.74) is 1.32. The second kappa shape index (κ2) is 8.20. The van der Waals surface area contributed by atoms with Crippen LogP contribution in [0.25, 0.3) is 0 Å². The molecular formula is C16H24N4S. The molecule has 0 spiro atoms. The van der Waals surface area contributed by atoms with Gasteiger partial charge in [-0.05, 0) is 24.1 Å². The lowest BCUT2D eigenvalue weighted by molar-refractivity contribution is 0.581. The van der Waals surface area contributed by atoms with E-state index in [2.05, 4.69) is 60.4 Å². The number of nitrogens with one attached hydrogen (secondary N) is 1. The van der Waals surface area contributed by atoms with Crippen LogP contribution in [-0.4, -0.2) is 20.8 Å². The Hall–Kier alpha value is -1.33. The summed E-state index contributed by atoms with van der Waals surface area (Å²) in [6, 6.07) is 9.26. The molecule has 1 N–H and O–H groups in total. The fourth-order valence-corrected chi connectivity index (χ4v) is 2.82. The van der Waals surface area contributed by atoms with Crippen molar-refractivity contribution < 1.29 is 0 Å². The molecule has 0 aliphatic carbocycles. The molecule has 21 heavy (non-hydrogen) atoms. The van der Waals surface area contributed by atoms with Gasteiger partial charge in [-0.15, -0.1) is 11.8 Å². The van der Waals surface area contributed by atoms with Gasteiger partial charge in [0.1, 0.15) is 12.2 Å². The van der Waals surface area contributed by atoms with E-state index in [-0.39, 0.29) is 0 Å². The maximum atomic E-state index is 4.34. The molecule has 1 aromatic carbocycles. The van der Waals surface area contributed by atoms with Crippen molar-refractivity contribution >= 4 is 11.8 Å². The van der Waals surface area contributed by atoms with Crippen LogP contribution >= 0.6 is 11.8 Å². The molecule has 0 atom stereocenters. The van der Waals surface area contributed by atoms with Crippen molar-refractivity contribution in [3.05, 3.63) is 42.0 Å². The van der Waals surface area contributed by atoms with Crippen LogP contribution in [0.3, 0.4) is 0 Å². The van der Waals surface area contributed by atoms with Gasteiger partial charge in [-0.1, -0.05) is 32.9 Å². The molecule has 0 aliphatic heterocycles. The Balaban J connectivity index is 1.87. The van der Waals surface area contributed by atoms with Gasteiger partial charge in [0.15, 0.2) is 0 Å². The summed E-state index contributed by atoms with van der Waals surface area (Å²) in [6.45, 7) is 8.35. The van der Waals surface area contributed by atoms with E-state index in [1.165, 1.54) is 10.5 Å². The summed E-state index contributed by atoms with van der Waals surface area (Å²) in [5, 5.41) is 7.69. The van der Waals surface area contributed by atoms with E-state index < -0.39 is 0 Å². The number of hydrogen-bond donors (Lipinski definition) is 1. The Kier molecular flexibility index (Phi) is 6.26. The van der Waals surface area contributed by atoms with Gasteiger partial charge in [-0.3, -0.25) is 0 Å². The topological polar surface area (TPSA) is 42.7 Å². The Morgan fingerprint density at radius 3 is 2.67 bits per heavy atom. The fourth-order valence-electron chi connectivity index (χ4n) is 1.97. The van der Waals surface area contributed by atoms with Crippen molar-refractivity contribution in [2.45, 2.75) is 57.0 Å². The number of benzene rings is 1. The Morgan fingerprint density at radius 2 is 2.00 bits per heavy atom. The lowest BCUT2D eigenvalue weighted by atomic mass is 10.2. The highest BCUT2D eigenvalue weighted by atomic mass is 32.2. The van der Waals surface area contributed by atoms with E-state index in [0.717, 1.165) is 31.1 Å². The third-order valence-electron chi connectivity index (χ3n) is 3.14. The normalized spacial score (nSPS) is 11.2. The van der Waals surface area contributed by atoms with E-state index in [4.69, 9.17) is 0 Å². The molecular weight excluding hydrogens is 280 g/mol. The second-order valence-electron chi connectivity index (χ2n) is 5.37. The lowest BCUT2D eigenvalue weighted by Gasteiger charge is -2.09. The molecule has 5 heteroatoms. The monoisotopic (exact) mass is 304 g/mol. The smallest absolute Gasteiger partial charge is 0.138 e. The van der Waals surface area contributed by atoms with E-state index >= 15 is 0 Å². The van der Waals surface area contributed by atoms with Crippen molar-refractivity contribution in [3.63, 3.8) is 0 Å². The average Bonchev–Trinajstić information content (AvgIpc) is 2.92. The summed E-state index contributed by atoms with van der Waals surface area (Å²) in [5.74, 6) is 1.91. The molecule has 2 aromatic rings. The van der Waals surface area contributed by atoms with Crippen LogP contribution in [0.15, 0.2) is 35.5 Å². The lowest BCUT2D eigenvalue weighted by Crippen LogP contribution is -2.21. The van der Waals surface area contributed by atoms with Gasteiger partial charge in [0.05, 0.1) is 5.75 Å². The van der Waals surface area contributed by atoms with Gasteiger partial charge in [-0.25, -0.2) is 9.67 Å². The first-order valence-electron chi connectivity index (χ1n) is 7.51. The average molecular weight is 304 g/mol. The zero-order valence-corrected chi connectivity index (χ0v) is 13.9. The predicted molar refractivity (Wildman–Crippen MR) is 88.3 cm³/mol. The van der Waals surface area contributed by atoms with Crippen LogP contribution in [0.1, 0.15) is 38.6 Å². The number of thioether (sulfide) groups is 1. The minimum Gasteiger partial charge on any atom is -0.310 e. The van der Waals surface area contributed by atoms with E-state index in [1.807, 2.05) is 16.4 Å². The maximum absolute atomic E-state index is 4.34. The highest BCUT2D eigenvalue weighted by molar-refractivity contribution is 7.98. The van der Waals surface area contributed by atoms with Gasteiger partial charge in [-0.2, -0.15) is 5.10 Å². The highest BCUT2D eigenvalue weighted by Gasteiger charge is 2.04. The first kappa shape index (κ1) is 16.0. The number of nitrogens with zero attached hydrogens (tertiary/aromatic N) is 3. The molecule has 2 rings (SSSR count). The summed E-state index contributed by atoms with van der Waals surface area (Å²) in [7, 11) is 0. The maximum Gasteiger partial charge on any atom is 0.138 e. The van der Waals surface area contributed by atoms with Crippen molar-refractivity contribution in [1.82, 2.24) is 20.1 Å². The van der Waals surface area contributed by atoms with Crippen LogP contribution in [-0.2, 0) is 18.8 Å². The molecule has 1 heterocycles. The molecule has 0 bridgehead atoms. The molecule has 0 saturated heterocycles. The molecule has 114 valence electrons. The fraction of sp³-hybridized carbons (Fsp3) is 0.500. The second-order valence-corrected chi connectivity index (χ2v) is 6.42. The van der Waals surface area contributed by atoms with Crippen molar-refractivity contribution in [3.8, 4) is 0 Å². The van der Waals surface area contributed by atoms with Crippen LogP contribution < -0.4 is 5.32 Å². The van der Waals surface area contributed by atoms with Gasteiger partial charge >= 0.3 is 0 Å². The van der Waals surface area contributed by atoms with E-state index in [9.17, 15) is 0 Å². The molecule has 0 radical (unpaired) electrons. The number of aryl methyl sites for hydroxylation is 1. The van der Waals surface area contributed by atoms with Crippen LogP contribution in [0.2, 0.25) is 0 Å². The van der Waals surface area contributed by atoms with Crippen LogP contribution in [0, 0.1) is 0 Å². The van der Waals surface area contributed by atoms with E-state index in [0.29, 0.717) is 6.04 Å². The quantitative estimate of drug-likeness (QED) is 0.758. The summed E-state index contributed by atoms with van der Waals surface area (Å²) in [6.07, 6.45) is 2.73. The summed E-state index contributed by atoms with van der Waals surface area (Å²) in [4.78, 5) is 5.61. The van der Waals surface area contributed by atoms with Crippen LogP contribution in [0.4, 0.5) is 0 Å². The van der Waals surface area contributed by atoms with Crippen molar-refractivity contribution in [1.29, 1.82) is 0 Å². The Bertz CT molecular complexity index is 533. The zero-order valence-electron chi connectivity index (χ0n) is 13.0. The molecule has 0 aliphatic rings. The highest BCUT2D eigenvalue weighted by Crippen LogP contribution is 2.22. The van der Waals surface area contributed by atoms with Gasteiger partial charge in [0.25, 0.3) is 0 Å². The van der Waals surface area contributed by atoms with Gasteiger partial charge < -0.3 is 5.32 Å². The van der Waals surface area contributed by atoms with Crippen molar-refractivity contribution in [2.75, 3.05) is 0 Å².